The van der Waals surface area contributed by atoms with Crippen LogP contribution in [0.4, 0.5) is 5.69 Å². The number of carbonyl (C=O) groups excluding carboxylic acids is 1. The standard InChI is InChI=1S/C11H14BrN3O3/c1-2-14-11(16)7-13-6-8-3-4-9(15(17)18)5-10(8)12/h3-5,13H,2,6-7H2,1H3,(H,14,16). The number of amides is 1. The summed E-state index contributed by atoms with van der Waals surface area (Å²) in [7, 11) is 0. The van der Waals surface area contributed by atoms with Gasteiger partial charge in [0.2, 0.25) is 5.91 Å². The number of hydrogen-bond donors (Lipinski definition) is 2. The smallest absolute Gasteiger partial charge is 0.270 e. The topological polar surface area (TPSA) is 84.3 Å². The molecule has 18 heavy (non-hydrogen) atoms. The Labute approximate surface area is 113 Å². The first kappa shape index (κ1) is 14.6. The SMILES string of the molecule is CCNC(=O)CNCc1ccc([N+](=O)[O-])cc1Br. The maximum absolute atomic E-state index is 11.2. The summed E-state index contributed by atoms with van der Waals surface area (Å²) in [5.74, 6) is -0.0736. The lowest BCUT2D eigenvalue weighted by atomic mass is 10.2. The van der Waals surface area contributed by atoms with Gasteiger partial charge in [0, 0.05) is 29.7 Å². The van der Waals surface area contributed by atoms with Crippen molar-refractivity contribution in [2.24, 2.45) is 0 Å². The van der Waals surface area contributed by atoms with Crippen LogP contribution in [0.15, 0.2) is 22.7 Å². The number of nitro benzene ring substituents is 1. The van der Waals surface area contributed by atoms with Crippen molar-refractivity contribution in [1.29, 1.82) is 0 Å². The van der Waals surface area contributed by atoms with Gasteiger partial charge in [-0.2, -0.15) is 0 Å². The van der Waals surface area contributed by atoms with E-state index < -0.39 is 4.92 Å². The Bertz CT molecular complexity index is 451. The van der Waals surface area contributed by atoms with Crippen molar-refractivity contribution in [1.82, 2.24) is 10.6 Å². The number of halogens is 1. The van der Waals surface area contributed by atoms with Gasteiger partial charge in [-0.05, 0) is 18.6 Å². The monoisotopic (exact) mass is 315 g/mol. The van der Waals surface area contributed by atoms with Crippen LogP contribution in [-0.2, 0) is 11.3 Å². The van der Waals surface area contributed by atoms with Crippen molar-refractivity contribution in [3.05, 3.63) is 38.3 Å². The highest BCUT2D eigenvalue weighted by molar-refractivity contribution is 9.10. The van der Waals surface area contributed by atoms with Crippen molar-refractivity contribution in [2.45, 2.75) is 13.5 Å². The predicted molar refractivity (Wildman–Crippen MR) is 71.2 cm³/mol. The average Bonchev–Trinajstić information content (AvgIpc) is 2.31. The molecule has 1 aromatic rings. The van der Waals surface area contributed by atoms with Crippen LogP contribution in [-0.4, -0.2) is 23.9 Å². The predicted octanol–water partition coefficient (Wildman–Crippen LogP) is 1.58. The molecule has 0 heterocycles. The van der Waals surface area contributed by atoms with Crippen LogP contribution in [0, 0.1) is 10.1 Å². The van der Waals surface area contributed by atoms with Gasteiger partial charge < -0.3 is 10.6 Å². The average molecular weight is 316 g/mol. The van der Waals surface area contributed by atoms with Gasteiger partial charge in [0.15, 0.2) is 0 Å². The lowest BCUT2D eigenvalue weighted by Gasteiger charge is -2.06. The zero-order valence-electron chi connectivity index (χ0n) is 9.90. The number of nitro groups is 1. The van der Waals surface area contributed by atoms with E-state index >= 15 is 0 Å². The summed E-state index contributed by atoms with van der Waals surface area (Å²) in [6.07, 6.45) is 0. The second-order valence-electron chi connectivity index (χ2n) is 3.59. The molecular formula is C11H14BrN3O3. The molecule has 0 saturated heterocycles. The number of non-ortho nitro benzene ring substituents is 1. The van der Waals surface area contributed by atoms with E-state index in [4.69, 9.17) is 0 Å². The normalized spacial score (nSPS) is 10.1. The summed E-state index contributed by atoms with van der Waals surface area (Å²) >= 11 is 3.27. The lowest BCUT2D eigenvalue weighted by molar-refractivity contribution is -0.384. The van der Waals surface area contributed by atoms with E-state index in [1.807, 2.05) is 6.92 Å². The van der Waals surface area contributed by atoms with Crippen molar-refractivity contribution in [3.8, 4) is 0 Å². The molecule has 0 spiro atoms. The first-order valence-corrected chi connectivity index (χ1v) is 6.24. The second kappa shape index (κ2) is 7.07. The third-order valence-corrected chi connectivity index (χ3v) is 2.96. The minimum absolute atomic E-state index is 0.0364. The van der Waals surface area contributed by atoms with Crippen LogP contribution < -0.4 is 10.6 Å². The molecule has 0 aliphatic heterocycles. The highest BCUT2D eigenvalue weighted by Gasteiger charge is 2.09. The maximum atomic E-state index is 11.2. The molecule has 2 N–H and O–H groups in total. The molecule has 6 nitrogen and oxygen atoms in total. The molecule has 0 bridgehead atoms. The molecule has 1 aromatic carbocycles. The van der Waals surface area contributed by atoms with Crippen molar-refractivity contribution < 1.29 is 9.72 Å². The Kier molecular flexibility index (Phi) is 5.73. The molecule has 0 radical (unpaired) electrons. The summed E-state index contributed by atoms with van der Waals surface area (Å²) in [5.41, 5.74) is 0.902. The third-order valence-electron chi connectivity index (χ3n) is 2.22. The highest BCUT2D eigenvalue weighted by Crippen LogP contribution is 2.22. The molecule has 0 fully saturated rings. The van der Waals surface area contributed by atoms with E-state index in [-0.39, 0.29) is 18.1 Å². The maximum Gasteiger partial charge on any atom is 0.270 e. The number of nitrogens with zero attached hydrogens (tertiary/aromatic N) is 1. The van der Waals surface area contributed by atoms with Crippen molar-refractivity contribution in [3.63, 3.8) is 0 Å². The Hall–Kier alpha value is -1.47. The van der Waals surface area contributed by atoms with Gasteiger partial charge >= 0.3 is 0 Å². The summed E-state index contributed by atoms with van der Waals surface area (Å²) in [6.45, 7) is 3.14. The van der Waals surface area contributed by atoms with E-state index in [0.29, 0.717) is 17.6 Å². The van der Waals surface area contributed by atoms with Crippen LogP contribution in [0.1, 0.15) is 12.5 Å². The van der Waals surface area contributed by atoms with Gasteiger partial charge in [0.25, 0.3) is 5.69 Å². The molecule has 0 aliphatic rings. The number of hydrogen-bond acceptors (Lipinski definition) is 4. The summed E-state index contributed by atoms with van der Waals surface area (Å²) in [4.78, 5) is 21.3. The van der Waals surface area contributed by atoms with Gasteiger partial charge in [-0.3, -0.25) is 14.9 Å². The van der Waals surface area contributed by atoms with Crippen LogP contribution in [0.5, 0.6) is 0 Å². The molecule has 0 unspecified atom stereocenters. The Morgan fingerprint density at radius 3 is 2.78 bits per heavy atom. The van der Waals surface area contributed by atoms with E-state index in [0.717, 1.165) is 5.56 Å². The van der Waals surface area contributed by atoms with E-state index in [9.17, 15) is 14.9 Å². The Morgan fingerprint density at radius 1 is 1.50 bits per heavy atom. The molecule has 1 rings (SSSR count). The molecule has 0 saturated carbocycles. The minimum atomic E-state index is -0.448. The number of benzene rings is 1. The van der Waals surface area contributed by atoms with Gasteiger partial charge in [0.05, 0.1) is 11.5 Å². The van der Waals surface area contributed by atoms with Crippen molar-refractivity contribution in [2.75, 3.05) is 13.1 Å². The Balaban J connectivity index is 2.53. The van der Waals surface area contributed by atoms with Crippen LogP contribution >= 0.6 is 15.9 Å². The van der Waals surface area contributed by atoms with Gasteiger partial charge in [-0.1, -0.05) is 15.9 Å². The van der Waals surface area contributed by atoms with E-state index in [1.165, 1.54) is 12.1 Å². The number of nitrogens with one attached hydrogen (secondary N) is 2. The Morgan fingerprint density at radius 2 is 2.22 bits per heavy atom. The molecule has 1 amide bonds. The molecule has 7 heteroatoms. The largest absolute Gasteiger partial charge is 0.355 e. The van der Waals surface area contributed by atoms with Gasteiger partial charge in [0.1, 0.15) is 0 Å². The zero-order chi connectivity index (χ0) is 13.5. The quantitative estimate of drug-likeness (QED) is 0.616. The fraction of sp³-hybridized carbons (Fsp3) is 0.364. The molecule has 0 atom stereocenters. The molecular weight excluding hydrogens is 302 g/mol. The number of carbonyl (C=O) groups is 1. The second-order valence-corrected chi connectivity index (χ2v) is 4.44. The fourth-order valence-electron chi connectivity index (χ4n) is 1.36. The third kappa shape index (κ3) is 4.42. The number of likely N-dealkylation sites (N-methyl/N-ethyl adjacent to an activating group) is 1. The molecule has 0 aromatic heterocycles. The van der Waals surface area contributed by atoms with Crippen LogP contribution in [0.25, 0.3) is 0 Å². The van der Waals surface area contributed by atoms with E-state index in [1.54, 1.807) is 6.07 Å². The van der Waals surface area contributed by atoms with Crippen LogP contribution in [0.3, 0.4) is 0 Å². The molecule has 0 aliphatic carbocycles. The first-order valence-electron chi connectivity index (χ1n) is 5.44. The van der Waals surface area contributed by atoms with Crippen LogP contribution in [0.2, 0.25) is 0 Å². The van der Waals surface area contributed by atoms with Gasteiger partial charge in [-0.15, -0.1) is 0 Å². The van der Waals surface area contributed by atoms with Crippen molar-refractivity contribution >= 4 is 27.5 Å². The highest BCUT2D eigenvalue weighted by atomic mass is 79.9. The van der Waals surface area contributed by atoms with Gasteiger partial charge in [-0.25, -0.2) is 0 Å². The van der Waals surface area contributed by atoms with E-state index in [2.05, 4.69) is 26.6 Å². The summed E-state index contributed by atoms with van der Waals surface area (Å²) < 4.78 is 0.653. The summed E-state index contributed by atoms with van der Waals surface area (Å²) in [5, 5.41) is 16.2. The lowest BCUT2D eigenvalue weighted by Crippen LogP contribution is -2.33. The fourth-order valence-corrected chi connectivity index (χ4v) is 1.87. The first-order chi connectivity index (χ1) is 8.54. The number of rotatable bonds is 6. The zero-order valence-corrected chi connectivity index (χ0v) is 11.5. The summed E-state index contributed by atoms with van der Waals surface area (Å²) in [6, 6.07) is 4.55. The minimum Gasteiger partial charge on any atom is -0.355 e. The molecule has 98 valence electrons.